The molecule has 0 radical (unpaired) electrons. The average molecular weight is 513 g/mol. The summed E-state index contributed by atoms with van der Waals surface area (Å²) in [6, 6.07) is 8.96. The number of ether oxygens (including phenoxy) is 1. The smallest absolute Gasteiger partial charge is 0.232 e. The number of rotatable bonds is 6. The molecule has 1 aromatic heterocycles. The molecule has 4 heterocycles. The zero-order chi connectivity index (χ0) is 25.0. The first-order chi connectivity index (χ1) is 17.5. The van der Waals surface area contributed by atoms with Crippen molar-refractivity contribution in [1.82, 2.24) is 15.3 Å². The van der Waals surface area contributed by atoms with Crippen molar-refractivity contribution < 1.29 is 9.13 Å². The van der Waals surface area contributed by atoms with Gasteiger partial charge >= 0.3 is 0 Å². The maximum absolute atomic E-state index is 13.6. The van der Waals surface area contributed by atoms with E-state index in [2.05, 4.69) is 33.4 Å². The molecule has 1 atom stereocenters. The Hall–Kier alpha value is -2.52. The number of halogens is 1. The number of nitrogens with one attached hydrogen (secondary N) is 2. The van der Waals surface area contributed by atoms with Gasteiger partial charge in [-0.15, -0.1) is 0 Å². The van der Waals surface area contributed by atoms with Gasteiger partial charge in [-0.25, -0.2) is 4.39 Å². The molecule has 9 heteroatoms. The number of hydrogen-bond donors (Lipinski definition) is 2. The summed E-state index contributed by atoms with van der Waals surface area (Å²) in [7, 11) is 0. The molecule has 3 aliphatic heterocycles. The summed E-state index contributed by atoms with van der Waals surface area (Å²) in [4.78, 5) is 14.4. The van der Waals surface area contributed by atoms with Gasteiger partial charge in [0.1, 0.15) is 17.5 Å². The highest BCUT2D eigenvalue weighted by atomic mass is 32.1. The molecule has 3 fully saturated rings. The highest BCUT2D eigenvalue weighted by Crippen LogP contribution is 2.34. The van der Waals surface area contributed by atoms with Crippen LogP contribution in [-0.2, 0) is 10.2 Å². The lowest BCUT2D eigenvalue weighted by Gasteiger charge is -2.38. The summed E-state index contributed by atoms with van der Waals surface area (Å²) < 4.78 is 19.2. The third-order valence-corrected chi connectivity index (χ3v) is 8.08. The third kappa shape index (κ3) is 5.89. The van der Waals surface area contributed by atoms with Gasteiger partial charge in [-0.2, -0.15) is 9.97 Å². The number of benzene rings is 1. The fraction of sp³-hybridized carbons (Fsp3) is 0.593. The summed E-state index contributed by atoms with van der Waals surface area (Å²) in [6.07, 6.45) is 6.54. The van der Waals surface area contributed by atoms with Crippen LogP contribution in [0.1, 0.15) is 51.0 Å². The van der Waals surface area contributed by atoms with E-state index in [1.807, 2.05) is 12.1 Å². The van der Waals surface area contributed by atoms with Gasteiger partial charge in [0.25, 0.3) is 0 Å². The highest BCUT2D eigenvalue weighted by molar-refractivity contribution is 7.80. The summed E-state index contributed by atoms with van der Waals surface area (Å²) in [5, 5.41) is 7.18. The van der Waals surface area contributed by atoms with Gasteiger partial charge < -0.3 is 25.2 Å². The molecule has 0 saturated carbocycles. The van der Waals surface area contributed by atoms with Crippen LogP contribution in [-0.4, -0.2) is 61.0 Å². The molecule has 0 spiro atoms. The molecule has 2 aromatic rings. The fourth-order valence-corrected chi connectivity index (χ4v) is 5.84. The second-order valence-electron chi connectivity index (χ2n) is 10.5. The maximum Gasteiger partial charge on any atom is 0.232 e. The Kier molecular flexibility index (Phi) is 7.86. The van der Waals surface area contributed by atoms with Crippen LogP contribution in [0.2, 0.25) is 0 Å². The molecule has 7 nitrogen and oxygen atoms in total. The Balaban J connectivity index is 1.31. The first-order valence-electron chi connectivity index (χ1n) is 13.3. The average Bonchev–Trinajstić information content (AvgIpc) is 3.44. The molecular formula is C27H37FN6OS. The Morgan fingerprint density at radius 2 is 1.72 bits per heavy atom. The molecule has 2 N–H and O–H groups in total. The minimum atomic E-state index is -0.222. The van der Waals surface area contributed by atoms with Gasteiger partial charge in [-0.05, 0) is 74.4 Å². The van der Waals surface area contributed by atoms with E-state index in [1.165, 1.54) is 37.8 Å². The molecule has 0 amide bonds. The lowest BCUT2D eigenvalue weighted by Crippen LogP contribution is -2.45. The van der Waals surface area contributed by atoms with Crippen LogP contribution in [0.3, 0.4) is 0 Å². The number of hydrogen-bond acceptors (Lipinski definition) is 6. The first-order valence-corrected chi connectivity index (χ1v) is 13.7. The number of thiocarbonyl (C=S) groups is 1. The molecule has 0 aliphatic carbocycles. The number of aromatic nitrogens is 2. The summed E-state index contributed by atoms with van der Waals surface area (Å²) in [5.41, 5.74) is 0.946. The number of anilines is 3. The van der Waals surface area contributed by atoms with E-state index in [0.717, 1.165) is 56.2 Å². The number of piperidine rings is 1. The van der Waals surface area contributed by atoms with Crippen LogP contribution < -0.4 is 20.4 Å². The van der Waals surface area contributed by atoms with Crippen LogP contribution in [0.25, 0.3) is 0 Å². The van der Waals surface area contributed by atoms with Gasteiger partial charge in [0.2, 0.25) is 5.95 Å². The van der Waals surface area contributed by atoms with Crippen LogP contribution in [0, 0.1) is 11.7 Å². The van der Waals surface area contributed by atoms with Gasteiger partial charge in [0.15, 0.2) is 5.11 Å². The van der Waals surface area contributed by atoms with Crippen molar-refractivity contribution in [3.8, 4) is 0 Å². The molecule has 5 rings (SSSR count). The predicted octanol–water partition coefficient (Wildman–Crippen LogP) is 4.49. The van der Waals surface area contributed by atoms with Gasteiger partial charge in [-0.3, -0.25) is 0 Å². The topological polar surface area (TPSA) is 65.5 Å². The Bertz CT molecular complexity index is 1040. The molecule has 1 unspecified atom stereocenters. The Labute approximate surface area is 218 Å². The SMILES string of the molecule is CC1CCCN(c2cc(N3CCCC3)nc(NC(=S)NCC3(c4ccc(F)cc4)CCOCC3)n2)C1. The summed E-state index contributed by atoms with van der Waals surface area (Å²) in [5.74, 6) is 2.91. The second kappa shape index (κ2) is 11.3. The molecule has 3 saturated heterocycles. The van der Waals surface area contributed by atoms with Gasteiger partial charge in [-0.1, -0.05) is 19.1 Å². The molecule has 194 valence electrons. The zero-order valence-electron chi connectivity index (χ0n) is 21.1. The standard InChI is InChI=1S/C27H37FN6OS/c1-20-5-4-14-34(18-20)24-17-23(33-12-2-3-13-33)30-25(31-24)32-26(36)29-19-27(10-15-35-16-11-27)21-6-8-22(28)9-7-21/h6-9,17,20H,2-5,10-16,18-19H2,1H3,(H2,29,30,31,32,36). The van der Waals surface area contributed by atoms with Crippen LogP contribution in [0.4, 0.5) is 22.0 Å². The molecule has 36 heavy (non-hydrogen) atoms. The lowest BCUT2D eigenvalue weighted by atomic mass is 9.74. The quantitative estimate of drug-likeness (QED) is 0.549. The van der Waals surface area contributed by atoms with Gasteiger partial charge in [0, 0.05) is 57.4 Å². The van der Waals surface area contributed by atoms with E-state index < -0.39 is 0 Å². The number of nitrogens with zero attached hydrogens (tertiary/aromatic N) is 4. The van der Waals surface area contributed by atoms with E-state index >= 15 is 0 Å². The van der Waals surface area contributed by atoms with Crippen molar-refractivity contribution in [2.24, 2.45) is 5.92 Å². The minimum Gasteiger partial charge on any atom is -0.381 e. The van der Waals surface area contributed by atoms with E-state index in [1.54, 1.807) is 0 Å². The van der Waals surface area contributed by atoms with E-state index in [0.29, 0.717) is 36.7 Å². The van der Waals surface area contributed by atoms with E-state index in [9.17, 15) is 4.39 Å². The van der Waals surface area contributed by atoms with Crippen molar-refractivity contribution >= 4 is 34.9 Å². The van der Waals surface area contributed by atoms with Crippen molar-refractivity contribution in [3.05, 3.63) is 41.7 Å². The first kappa shape index (κ1) is 25.1. The van der Waals surface area contributed by atoms with Crippen molar-refractivity contribution in [2.75, 3.05) is 61.1 Å². The highest BCUT2D eigenvalue weighted by Gasteiger charge is 2.34. The Morgan fingerprint density at radius 1 is 1.06 bits per heavy atom. The zero-order valence-corrected chi connectivity index (χ0v) is 22.0. The Morgan fingerprint density at radius 3 is 2.42 bits per heavy atom. The van der Waals surface area contributed by atoms with E-state index in [4.69, 9.17) is 26.9 Å². The monoisotopic (exact) mass is 512 g/mol. The summed E-state index contributed by atoms with van der Waals surface area (Å²) >= 11 is 5.70. The molecule has 1 aromatic carbocycles. The maximum atomic E-state index is 13.6. The summed E-state index contributed by atoms with van der Waals surface area (Å²) in [6.45, 7) is 8.38. The largest absolute Gasteiger partial charge is 0.381 e. The fourth-order valence-electron chi connectivity index (χ4n) is 5.67. The third-order valence-electron chi connectivity index (χ3n) is 7.83. The van der Waals surface area contributed by atoms with Crippen molar-refractivity contribution in [3.63, 3.8) is 0 Å². The van der Waals surface area contributed by atoms with Crippen LogP contribution in [0.15, 0.2) is 30.3 Å². The molecular weight excluding hydrogens is 475 g/mol. The minimum absolute atomic E-state index is 0.162. The van der Waals surface area contributed by atoms with Gasteiger partial charge in [0.05, 0.1) is 0 Å². The second-order valence-corrected chi connectivity index (χ2v) is 10.9. The van der Waals surface area contributed by atoms with E-state index in [-0.39, 0.29) is 11.2 Å². The lowest BCUT2D eigenvalue weighted by molar-refractivity contribution is 0.0515. The molecule has 0 bridgehead atoms. The molecule has 3 aliphatic rings. The van der Waals surface area contributed by atoms with Crippen molar-refractivity contribution in [2.45, 2.75) is 50.9 Å². The normalized spacial score (nSPS) is 21.9. The predicted molar refractivity (Wildman–Crippen MR) is 146 cm³/mol. The van der Waals surface area contributed by atoms with Crippen LogP contribution >= 0.6 is 12.2 Å². The van der Waals surface area contributed by atoms with Crippen molar-refractivity contribution in [1.29, 1.82) is 0 Å². The van der Waals surface area contributed by atoms with Crippen LogP contribution in [0.5, 0.6) is 0 Å².